The smallest absolute Gasteiger partial charge is 0.254 e. The van der Waals surface area contributed by atoms with Gasteiger partial charge in [-0.25, -0.2) is 0 Å². The molecule has 3 aromatic rings. The second kappa shape index (κ2) is 7.04. The minimum Gasteiger partial charge on any atom is -0.495 e. The Morgan fingerprint density at radius 2 is 1.81 bits per heavy atom. The highest BCUT2D eigenvalue weighted by Crippen LogP contribution is 2.29. The number of carbonyl (C=O) groups excluding carboxylic acids is 1. The number of rotatable bonds is 3. The molecule has 1 aliphatic rings. The number of anilines is 1. The SMILES string of the molecule is COc1ccccc1N1CCN(C(=O)c2cccc3ccncc23)CC1. The van der Waals surface area contributed by atoms with Crippen LogP contribution in [0.25, 0.3) is 10.8 Å². The Labute approximate surface area is 152 Å². The largest absolute Gasteiger partial charge is 0.495 e. The van der Waals surface area contributed by atoms with Crippen molar-refractivity contribution >= 4 is 22.4 Å². The van der Waals surface area contributed by atoms with Crippen LogP contribution in [-0.4, -0.2) is 49.1 Å². The molecule has 1 saturated heterocycles. The first-order chi connectivity index (χ1) is 12.8. The lowest BCUT2D eigenvalue weighted by Crippen LogP contribution is -2.48. The molecule has 5 heteroatoms. The number of ether oxygens (including phenoxy) is 1. The van der Waals surface area contributed by atoms with E-state index in [0.717, 1.165) is 40.9 Å². The van der Waals surface area contributed by atoms with Crippen LogP contribution in [0.15, 0.2) is 60.9 Å². The molecule has 0 radical (unpaired) electrons. The van der Waals surface area contributed by atoms with Crippen LogP contribution in [0.3, 0.4) is 0 Å². The summed E-state index contributed by atoms with van der Waals surface area (Å²) in [5, 5.41) is 1.95. The van der Waals surface area contributed by atoms with Crippen molar-refractivity contribution in [2.45, 2.75) is 0 Å². The van der Waals surface area contributed by atoms with Crippen molar-refractivity contribution in [3.05, 3.63) is 66.5 Å². The first-order valence-electron chi connectivity index (χ1n) is 8.78. The summed E-state index contributed by atoms with van der Waals surface area (Å²) in [6.45, 7) is 2.95. The van der Waals surface area contributed by atoms with Crippen LogP contribution in [0.2, 0.25) is 0 Å². The van der Waals surface area contributed by atoms with Crippen LogP contribution < -0.4 is 9.64 Å². The third-order valence-corrected chi connectivity index (χ3v) is 4.91. The minimum absolute atomic E-state index is 0.0725. The van der Waals surface area contributed by atoms with Gasteiger partial charge in [-0.2, -0.15) is 0 Å². The van der Waals surface area contributed by atoms with Crippen LogP contribution in [0, 0.1) is 0 Å². The molecule has 1 aromatic heterocycles. The molecule has 0 unspecified atom stereocenters. The summed E-state index contributed by atoms with van der Waals surface area (Å²) in [5.74, 6) is 0.940. The van der Waals surface area contributed by atoms with Gasteiger partial charge in [-0.05, 0) is 29.7 Å². The molecule has 26 heavy (non-hydrogen) atoms. The maximum absolute atomic E-state index is 13.0. The molecule has 132 valence electrons. The first-order valence-corrected chi connectivity index (χ1v) is 8.78. The molecule has 1 aliphatic heterocycles. The van der Waals surface area contributed by atoms with Crippen molar-refractivity contribution in [1.82, 2.24) is 9.88 Å². The molecule has 2 aromatic carbocycles. The molecule has 1 amide bonds. The fraction of sp³-hybridized carbons (Fsp3) is 0.238. The monoisotopic (exact) mass is 347 g/mol. The quantitative estimate of drug-likeness (QED) is 0.730. The highest BCUT2D eigenvalue weighted by molar-refractivity contribution is 6.06. The van der Waals surface area contributed by atoms with E-state index in [1.807, 2.05) is 47.4 Å². The zero-order valence-electron chi connectivity index (χ0n) is 14.8. The van der Waals surface area contributed by atoms with E-state index in [4.69, 9.17) is 4.74 Å². The number of pyridine rings is 1. The van der Waals surface area contributed by atoms with Crippen molar-refractivity contribution in [1.29, 1.82) is 0 Å². The number of carbonyl (C=O) groups is 1. The van der Waals surface area contributed by atoms with Gasteiger partial charge in [-0.3, -0.25) is 9.78 Å². The van der Waals surface area contributed by atoms with Gasteiger partial charge in [0.25, 0.3) is 5.91 Å². The van der Waals surface area contributed by atoms with Crippen LogP contribution in [-0.2, 0) is 0 Å². The summed E-state index contributed by atoms with van der Waals surface area (Å²) in [7, 11) is 1.69. The van der Waals surface area contributed by atoms with Gasteiger partial charge < -0.3 is 14.5 Å². The molecular formula is C21H21N3O2. The van der Waals surface area contributed by atoms with E-state index in [9.17, 15) is 4.79 Å². The van der Waals surface area contributed by atoms with E-state index in [1.165, 1.54) is 0 Å². The number of hydrogen-bond acceptors (Lipinski definition) is 4. The van der Waals surface area contributed by atoms with Crippen LogP contribution >= 0.6 is 0 Å². The van der Waals surface area contributed by atoms with Crippen molar-refractivity contribution in [3.63, 3.8) is 0 Å². The lowest BCUT2D eigenvalue weighted by molar-refractivity contribution is 0.0748. The molecule has 0 aliphatic carbocycles. The minimum atomic E-state index is 0.0725. The molecule has 1 fully saturated rings. The van der Waals surface area contributed by atoms with Crippen molar-refractivity contribution in [2.75, 3.05) is 38.2 Å². The number of hydrogen-bond donors (Lipinski definition) is 0. The predicted molar refractivity (Wildman–Crippen MR) is 103 cm³/mol. The van der Waals surface area contributed by atoms with Gasteiger partial charge >= 0.3 is 0 Å². The molecule has 4 rings (SSSR count). The molecule has 2 heterocycles. The van der Waals surface area contributed by atoms with Gasteiger partial charge in [0.15, 0.2) is 0 Å². The number of amides is 1. The Morgan fingerprint density at radius 3 is 2.62 bits per heavy atom. The van der Waals surface area contributed by atoms with Gasteiger partial charge in [-0.15, -0.1) is 0 Å². The molecular weight excluding hydrogens is 326 g/mol. The highest BCUT2D eigenvalue weighted by atomic mass is 16.5. The number of aromatic nitrogens is 1. The highest BCUT2D eigenvalue weighted by Gasteiger charge is 2.24. The van der Waals surface area contributed by atoms with Crippen molar-refractivity contribution in [2.24, 2.45) is 0 Å². The Morgan fingerprint density at radius 1 is 1.00 bits per heavy atom. The number of fused-ring (bicyclic) bond motifs is 1. The second-order valence-corrected chi connectivity index (χ2v) is 6.35. The topological polar surface area (TPSA) is 45.7 Å². The Balaban J connectivity index is 1.52. The molecule has 0 atom stereocenters. The fourth-order valence-electron chi connectivity index (χ4n) is 3.51. The zero-order chi connectivity index (χ0) is 17.9. The fourth-order valence-corrected chi connectivity index (χ4v) is 3.51. The number of piperazine rings is 1. The Bertz CT molecular complexity index is 928. The van der Waals surface area contributed by atoms with E-state index < -0.39 is 0 Å². The van der Waals surface area contributed by atoms with E-state index in [0.29, 0.717) is 13.1 Å². The maximum Gasteiger partial charge on any atom is 0.254 e. The molecule has 0 spiro atoms. The number of para-hydroxylation sites is 2. The molecule has 0 bridgehead atoms. The van der Waals surface area contributed by atoms with E-state index in [-0.39, 0.29) is 5.91 Å². The molecule has 0 saturated carbocycles. The van der Waals surface area contributed by atoms with Crippen LogP contribution in [0.1, 0.15) is 10.4 Å². The summed E-state index contributed by atoms with van der Waals surface area (Å²) in [6, 6.07) is 15.8. The summed E-state index contributed by atoms with van der Waals surface area (Å²) in [4.78, 5) is 21.4. The van der Waals surface area contributed by atoms with Crippen LogP contribution in [0.5, 0.6) is 5.75 Å². The summed E-state index contributed by atoms with van der Waals surface area (Å²) in [6.07, 6.45) is 3.52. The van der Waals surface area contributed by atoms with Crippen molar-refractivity contribution < 1.29 is 9.53 Å². The van der Waals surface area contributed by atoms with Gasteiger partial charge in [0, 0.05) is 49.5 Å². The van der Waals surface area contributed by atoms with Gasteiger partial charge in [-0.1, -0.05) is 24.3 Å². The summed E-state index contributed by atoms with van der Waals surface area (Å²) < 4.78 is 5.46. The molecule has 5 nitrogen and oxygen atoms in total. The Hall–Kier alpha value is -3.08. The van der Waals surface area contributed by atoms with E-state index in [1.54, 1.807) is 19.5 Å². The summed E-state index contributed by atoms with van der Waals surface area (Å²) in [5.41, 5.74) is 1.80. The average molecular weight is 347 g/mol. The third-order valence-electron chi connectivity index (χ3n) is 4.91. The lowest BCUT2D eigenvalue weighted by atomic mass is 10.1. The maximum atomic E-state index is 13.0. The van der Waals surface area contributed by atoms with E-state index >= 15 is 0 Å². The second-order valence-electron chi connectivity index (χ2n) is 6.35. The first kappa shape index (κ1) is 16.4. The number of nitrogens with zero attached hydrogens (tertiary/aromatic N) is 3. The normalized spacial score (nSPS) is 14.5. The van der Waals surface area contributed by atoms with E-state index in [2.05, 4.69) is 16.0 Å². The van der Waals surface area contributed by atoms with Crippen molar-refractivity contribution in [3.8, 4) is 5.75 Å². The van der Waals surface area contributed by atoms with Gasteiger partial charge in [0.05, 0.1) is 12.8 Å². The zero-order valence-corrected chi connectivity index (χ0v) is 14.8. The summed E-state index contributed by atoms with van der Waals surface area (Å²) >= 11 is 0. The Kier molecular flexibility index (Phi) is 4.44. The average Bonchev–Trinajstić information content (AvgIpc) is 2.73. The lowest BCUT2D eigenvalue weighted by Gasteiger charge is -2.36. The van der Waals surface area contributed by atoms with Crippen LogP contribution in [0.4, 0.5) is 5.69 Å². The number of methoxy groups -OCH3 is 1. The predicted octanol–water partition coefficient (Wildman–Crippen LogP) is 3.21. The number of benzene rings is 2. The third kappa shape index (κ3) is 2.96. The molecule has 0 N–H and O–H groups in total. The van der Waals surface area contributed by atoms with Gasteiger partial charge in [0.2, 0.25) is 0 Å². The van der Waals surface area contributed by atoms with Gasteiger partial charge in [0.1, 0.15) is 5.75 Å². The standard InChI is InChI=1S/C21H21N3O2/c1-26-20-8-3-2-7-19(20)23-11-13-24(14-12-23)21(25)17-6-4-5-16-9-10-22-15-18(16)17/h2-10,15H,11-14H2,1H3.